The largest absolute Gasteiger partial charge is 0.305 e. The maximum Gasteiger partial charge on any atom is 0.0398 e. The number of unbranched alkanes of at least 4 members (excludes halogenated alkanes) is 1. The number of allylic oxidation sites excluding steroid dienone is 4. The lowest BCUT2D eigenvalue weighted by Crippen LogP contribution is -2.05. The van der Waals surface area contributed by atoms with E-state index in [1.807, 2.05) is 0 Å². The summed E-state index contributed by atoms with van der Waals surface area (Å²) in [4.78, 5) is 0. The Balaban J connectivity index is 2.20. The van der Waals surface area contributed by atoms with E-state index in [1.165, 1.54) is 38.6 Å². The first kappa shape index (κ1) is 16.7. The fourth-order valence-corrected chi connectivity index (χ4v) is 3.70. The highest BCUT2D eigenvalue weighted by atomic mass is 14.4. The van der Waals surface area contributed by atoms with Crippen LogP contribution in [0.4, 0.5) is 0 Å². The van der Waals surface area contributed by atoms with E-state index in [0.717, 1.165) is 37.0 Å². The van der Waals surface area contributed by atoms with Crippen LogP contribution in [0.15, 0.2) is 53.1 Å². The summed E-state index contributed by atoms with van der Waals surface area (Å²) in [6.45, 7) is 8.88. The van der Waals surface area contributed by atoms with Crippen molar-refractivity contribution in [2.75, 3.05) is 0 Å². The lowest BCUT2D eigenvalue weighted by molar-refractivity contribution is 0.833. The highest BCUT2D eigenvalue weighted by molar-refractivity contribution is 6.13. The summed E-state index contributed by atoms with van der Waals surface area (Å²) in [7, 11) is 0. The van der Waals surface area contributed by atoms with E-state index in [0.29, 0.717) is 0 Å². The van der Waals surface area contributed by atoms with Gasteiger partial charge in [0.15, 0.2) is 0 Å². The minimum Gasteiger partial charge on any atom is -0.305 e. The minimum atomic E-state index is 0.783. The molecule has 124 valence electrons. The van der Waals surface area contributed by atoms with Crippen molar-refractivity contribution in [3.8, 4) is 0 Å². The van der Waals surface area contributed by atoms with E-state index in [4.69, 9.17) is 5.41 Å². The summed E-state index contributed by atoms with van der Waals surface area (Å²) in [6, 6.07) is 12.9. The van der Waals surface area contributed by atoms with Crippen LogP contribution in [0.2, 0.25) is 0 Å². The van der Waals surface area contributed by atoms with Crippen LogP contribution < -0.4 is 0 Å². The summed E-state index contributed by atoms with van der Waals surface area (Å²) in [5.74, 6) is 0. The Morgan fingerprint density at radius 1 is 1.00 bits per heavy atom. The van der Waals surface area contributed by atoms with Gasteiger partial charge in [-0.05, 0) is 73.1 Å². The third kappa shape index (κ3) is 2.84. The molecule has 0 radical (unpaired) electrons. The van der Waals surface area contributed by atoms with Crippen molar-refractivity contribution in [3.63, 3.8) is 0 Å². The Bertz CT molecular complexity index is 865. The standard InChI is InChI=1S/C23H27N/c1-5-6-11-22(24)23-19-10-8-7-9-18(19)12-13-20(23)21-14-15(2)16(3)17(21)4/h7-10,12-13,24H,5-6,11,14H2,1-4H3. The van der Waals surface area contributed by atoms with Crippen LogP contribution in [0.1, 0.15) is 64.5 Å². The topological polar surface area (TPSA) is 23.9 Å². The Kier molecular flexibility index (Phi) is 4.71. The summed E-state index contributed by atoms with van der Waals surface area (Å²) in [6.07, 6.45) is 4.08. The van der Waals surface area contributed by atoms with Gasteiger partial charge < -0.3 is 5.41 Å². The second kappa shape index (κ2) is 6.76. The molecular weight excluding hydrogens is 290 g/mol. The van der Waals surface area contributed by atoms with E-state index >= 15 is 0 Å². The van der Waals surface area contributed by atoms with Crippen LogP contribution in [0, 0.1) is 5.41 Å². The van der Waals surface area contributed by atoms with Crippen molar-refractivity contribution in [2.24, 2.45) is 0 Å². The van der Waals surface area contributed by atoms with Gasteiger partial charge in [-0.15, -0.1) is 0 Å². The van der Waals surface area contributed by atoms with Gasteiger partial charge in [0.1, 0.15) is 0 Å². The lowest BCUT2D eigenvalue weighted by Gasteiger charge is -2.16. The van der Waals surface area contributed by atoms with Crippen molar-refractivity contribution in [1.29, 1.82) is 5.41 Å². The first-order valence-corrected chi connectivity index (χ1v) is 9.01. The molecule has 0 aromatic heterocycles. The number of hydrogen-bond acceptors (Lipinski definition) is 1. The number of hydrogen-bond donors (Lipinski definition) is 1. The summed E-state index contributed by atoms with van der Waals surface area (Å²) >= 11 is 0. The zero-order chi connectivity index (χ0) is 17.3. The van der Waals surface area contributed by atoms with E-state index in [9.17, 15) is 0 Å². The van der Waals surface area contributed by atoms with Crippen LogP contribution in [-0.4, -0.2) is 5.71 Å². The quantitative estimate of drug-likeness (QED) is 0.579. The van der Waals surface area contributed by atoms with Crippen LogP contribution in [-0.2, 0) is 0 Å². The van der Waals surface area contributed by atoms with Crippen molar-refractivity contribution in [2.45, 2.75) is 53.4 Å². The Hall–Kier alpha value is -2.15. The Labute approximate surface area is 145 Å². The minimum absolute atomic E-state index is 0.783. The maximum absolute atomic E-state index is 8.75. The lowest BCUT2D eigenvalue weighted by atomic mass is 9.87. The third-order valence-corrected chi connectivity index (χ3v) is 5.43. The molecule has 1 heteroatoms. The summed E-state index contributed by atoms with van der Waals surface area (Å²) < 4.78 is 0. The van der Waals surface area contributed by atoms with Gasteiger partial charge in [0.2, 0.25) is 0 Å². The number of nitrogens with one attached hydrogen (secondary N) is 1. The molecule has 0 aliphatic heterocycles. The molecule has 0 unspecified atom stereocenters. The van der Waals surface area contributed by atoms with E-state index in [2.05, 4.69) is 64.1 Å². The molecule has 1 aliphatic carbocycles. The Morgan fingerprint density at radius 2 is 1.75 bits per heavy atom. The number of benzene rings is 2. The van der Waals surface area contributed by atoms with Crippen molar-refractivity contribution < 1.29 is 0 Å². The molecule has 3 rings (SSSR count). The van der Waals surface area contributed by atoms with Gasteiger partial charge in [-0.1, -0.05) is 55.3 Å². The van der Waals surface area contributed by atoms with Crippen LogP contribution in [0.5, 0.6) is 0 Å². The fraction of sp³-hybridized carbons (Fsp3) is 0.348. The molecule has 0 atom stereocenters. The molecule has 0 spiro atoms. The molecule has 0 bridgehead atoms. The molecule has 0 heterocycles. The van der Waals surface area contributed by atoms with Crippen LogP contribution in [0.25, 0.3) is 16.3 Å². The third-order valence-electron chi connectivity index (χ3n) is 5.43. The predicted octanol–water partition coefficient (Wildman–Crippen LogP) is 6.91. The first-order chi connectivity index (χ1) is 11.5. The predicted molar refractivity (Wildman–Crippen MR) is 106 cm³/mol. The fourth-order valence-electron chi connectivity index (χ4n) is 3.70. The first-order valence-electron chi connectivity index (χ1n) is 9.01. The molecule has 0 amide bonds. The zero-order valence-electron chi connectivity index (χ0n) is 15.3. The van der Waals surface area contributed by atoms with Crippen LogP contribution >= 0.6 is 0 Å². The molecule has 24 heavy (non-hydrogen) atoms. The molecule has 0 saturated heterocycles. The molecule has 0 fully saturated rings. The number of rotatable bonds is 5. The summed E-state index contributed by atoms with van der Waals surface area (Å²) in [5, 5.41) is 11.2. The highest BCUT2D eigenvalue weighted by Gasteiger charge is 2.21. The second-order valence-corrected chi connectivity index (χ2v) is 6.98. The molecule has 2 aromatic rings. The zero-order valence-corrected chi connectivity index (χ0v) is 15.3. The van der Waals surface area contributed by atoms with Crippen molar-refractivity contribution in [3.05, 3.63) is 64.2 Å². The van der Waals surface area contributed by atoms with Gasteiger partial charge in [0.05, 0.1) is 0 Å². The molecule has 0 saturated carbocycles. The monoisotopic (exact) mass is 317 g/mol. The smallest absolute Gasteiger partial charge is 0.0398 e. The average molecular weight is 317 g/mol. The average Bonchev–Trinajstić information content (AvgIpc) is 2.86. The Morgan fingerprint density at radius 3 is 2.42 bits per heavy atom. The molecule has 1 N–H and O–H groups in total. The van der Waals surface area contributed by atoms with Crippen molar-refractivity contribution in [1.82, 2.24) is 0 Å². The van der Waals surface area contributed by atoms with Crippen LogP contribution in [0.3, 0.4) is 0 Å². The maximum atomic E-state index is 8.75. The van der Waals surface area contributed by atoms with E-state index in [1.54, 1.807) is 0 Å². The molecule has 1 nitrogen and oxygen atoms in total. The second-order valence-electron chi connectivity index (χ2n) is 6.98. The number of fused-ring (bicyclic) bond motifs is 1. The SMILES string of the molecule is CCCCC(=N)c1c(C2=C(C)C(C)=C(C)C2)ccc2ccccc12. The van der Waals surface area contributed by atoms with Gasteiger partial charge in [0.25, 0.3) is 0 Å². The summed E-state index contributed by atoms with van der Waals surface area (Å²) in [5.41, 5.74) is 8.89. The van der Waals surface area contributed by atoms with Gasteiger partial charge in [-0.3, -0.25) is 0 Å². The van der Waals surface area contributed by atoms with Crippen molar-refractivity contribution >= 4 is 22.1 Å². The van der Waals surface area contributed by atoms with E-state index < -0.39 is 0 Å². The van der Waals surface area contributed by atoms with Gasteiger partial charge >= 0.3 is 0 Å². The van der Waals surface area contributed by atoms with Gasteiger partial charge in [0, 0.05) is 11.3 Å². The van der Waals surface area contributed by atoms with Gasteiger partial charge in [-0.2, -0.15) is 0 Å². The van der Waals surface area contributed by atoms with Gasteiger partial charge in [-0.25, -0.2) is 0 Å². The highest BCUT2D eigenvalue weighted by Crippen LogP contribution is 2.40. The van der Waals surface area contributed by atoms with E-state index in [-0.39, 0.29) is 0 Å². The molecular formula is C23H27N. The molecule has 2 aromatic carbocycles. The molecule has 1 aliphatic rings. The normalized spacial score (nSPS) is 14.8.